The summed E-state index contributed by atoms with van der Waals surface area (Å²) in [6.07, 6.45) is 5.42. The van der Waals surface area contributed by atoms with Crippen molar-refractivity contribution in [2.75, 3.05) is 13.1 Å². The van der Waals surface area contributed by atoms with Gasteiger partial charge in [0, 0.05) is 26.2 Å². The zero-order valence-corrected chi connectivity index (χ0v) is 12.5. The van der Waals surface area contributed by atoms with Crippen molar-refractivity contribution in [3.63, 3.8) is 0 Å². The van der Waals surface area contributed by atoms with Gasteiger partial charge in [-0.1, -0.05) is 51.0 Å². The Kier molecular flexibility index (Phi) is 5.00. The number of rotatable bonds is 7. The van der Waals surface area contributed by atoms with E-state index in [1.165, 1.54) is 49.9 Å². The van der Waals surface area contributed by atoms with Crippen LogP contribution in [0.15, 0.2) is 24.3 Å². The summed E-state index contributed by atoms with van der Waals surface area (Å²) in [5.41, 5.74) is 8.89. The highest BCUT2D eigenvalue weighted by Gasteiger charge is 2.40. The minimum atomic E-state index is 0.626. The maximum absolute atomic E-state index is 5.63. The number of benzene rings is 1. The van der Waals surface area contributed by atoms with Gasteiger partial charge < -0.3 is 5.73 Å². The highest BCUT2D eigenvalue weighted by atomic mass is 15.2. The molecule has 0 aliphatic carbocycles. The molecule has 0 amide bonds. The smallest absolute Gasteiger partial charge is 0.0234 e. The Morgan fingerprint density at radius 3 is 2.00 bits per heavy atom. The Bertz CT molecular complexity index is 369. The van der Waals surface area contributed by atoms with Crippen LogP contribution in [0.3, 0.4) is 0 Å². The molecule has 2 heteroatoms. The second-order valence-corrected chi connectivity index (χ2v) is 6.17. The monoisotopic (exact) mass is 260 g/mol. The van der Waals surface area contributed by atoms with E-state index in [2.05, 4.69) is 43.0 Å². The molecular weight excluding hydrogens is 232 g/mol. The molecule has 0 unspecified atom stereocenters. The number of hydrogen-bond donors (Lipinski definition) is 1. The van der Waals surface area contributed by atoms with Crippen LogP contribution in [0, 0.1) is 5.41 Å². The molecule has 106 valence electrons. The molecular formula is C17H28N2. The Labute approximate surface area is 118 Å². The van der Waals surface area contributed by atoms with Crippen molar-refractivity contribution in [1.29, 1.82) is 0 Å². The van der Waals surface area contributed by atoms with Crippen molar-refractivity contribution >= 4 is 0 Å². The second-order valence-electron chi connectivity index (χ2n) is 6.17. The molecule has 0 aromatic heterocycles. The van der Waals surface area contributed by atoms with E-state index >= 15 is 0 Å². The quantitative estimate of drug-likeness (QED) is 0.812. The maximum atomic E-state index is 5.63. The molecule has 0 spiro atoms. The van der Waals surface area contributed by atoms with Crippen LogP contribution >= 0.6 is 0 Å². The van der Waals surface area contributed by atoms with Crippen LogP contribution in [0.1, 0.15) is 50.7 Å². The summed E-state index contributed by atoms with van der Waals surface area (Å²) in [6, 6.07) is 8.75. The van der Waals surface area contributed by atoms with Gasteiger partial charge in [-0.05, 0) is 29.4 Å². The van der Waals surface area contributed by atoms with Gasteiger partial charge in [-0.25, -0.2) is 0 Å². The third kappa shape index (κ3) is 3.58. The lowest BCUT2D eigenvalue weighted by atomic mass is 9.72. The van der Waals surface area contributed by atoms with E-state index in [1.54, 1.807) is 0 Å². The average Bonchev–Trinajstić information content (AvgIpc) is 2.38. The third-order valence-corrected chi connectivity index (χ3v) is 4.34. The van der Waals surface area contributed by atoms with Gasteiger partial charge in [0.1, 0.15) is 0 Å². The van der Waals surface area contributed by atoms with E-state index in [9.17, 15) is 0 Å². The fourth-order valence-electron chi connectivity index (χ4n) is 3.56. The number of likely N-dealkylation sites (tertiary alicyclic amines) is 1. The van der Waals surface area contributed by atoms with Gasteiger partial charge in [-0.3, -0.25) is 4.90 Å². The van der Waals surface area contributed by atoms with E-state index in [1.807, 2.05) is 0 Å². The first kappa shape index (κ1) is 14.5. The molecule has 1 heterocycles. The SMILES string of the molecule is CCCC1(CCC)CN(Cc2ccc(CN)cc2)C1. The standard InChI is InChI=1S/C17H28N2/c1-3-9-17(10-4-2)13-19(14-17)12-16-7-5-15(11-18)6-8-16/h5-8H,3-4,9-14,18H2,1-2H3. The lowest BCUT2D eigenvalue weighted by Gasteiger charge is -2.51. The molecule has 1 fully saturated rings. The normalized spacial score (nSPS) is 18.3. The zero-order valence-electron chi connectivity index (χ0n) is 12.5. The highest BCUT2D eigenvalue weighted by molar-refractivity contribution is 5.22. The fraction of sp³-hybridized carbons (Fsp3) is 0.647. The van der Waals surface area contributed by atoms with Crippen LogP contribution in [-0.4, -0.2) is 18.0 Å². The molecule has 0 atom stereocenters. The van der Waals surface area contributed by atoms with Gasteiger partial charge in [0.25, 0.3) is 0 Å². The number of nitrogens with zero attached hydrogens (tertiary/aromatic N) is 1. The van der Waals surface area contributed by atoms with Crippen LogP contribution in [0.4, 0.5) is 0 Å². The zero-order chi connectivity index (χ0) is 13.7. The first-order valence-corrected chi connectivity index (χ1v) is 7.71. The average molecular weight is 260 g/mol. The Hall–Kier alpha value is -0.860. The van der Waals surface area contributed by atoms with Crippen molar-refractivity contribution < 1.29 is 0 Å². The molecule has 1 aromatic rings. The molecule has 19 heavy (non-hydrogen) atoms. The number of nitrogens with two attached hydrogens (primary N) is 1. The molecule has 1 aliphatic rings. The van der Waals surface area contributed by atoms with E-state index < -0.39 is 0 Å². The van der Waals surface area contributed by atoms with Crippen LogP contribution in [-0.2, 0) is 13.1 Å². The first-order chi connectivity index (χ1) is 9.21. The minimum absolute atomic E-state index is 0.626. The fourth-order valence-corrected chi connectivity index (χ4v) is 3.56. The van der Waals surface area contributed by atoms with Gasteiger partial charge in [0.05, 0.1) is 0 Å². The summed E-state index contributed by atoms with van der Waals surface area (Å²) in [5.74, 6) is 0. The van der Waals surface area contributed by atoms with E-state index in [-0.39, 0.29) is 0 Å². The molecule has 2 nitrogen and oxygen atoms in total. The molecule has 2 N–H and O–H groups in total. The summed E-state index contributed by atoms with van der Waals surface area (Å²) in [7, 11) is 0. The van der Waals surface area contributed by atoms with Gasteiger partial charge in [0.15, 0.2) is 0 Å². The summed E-state index contributed by atoms with van der Waals surface area (Å²) in [4.78, 5) is 2.59. The predicted molar refractivity (Wildman–Crippen MR) is 81.9 cm³/mol. The molecule has 2 rings (SSSR count). The minimum Gasteiger partial charge on any atom is -0.326 e. The van der Waals surface area contributed by atoms with E-state index in [4.69, 9.17) is 5.73 Å². The maximum Gasteiger partial charge on any atom is 0.0234 e. The van der Waals surface area contributed by atoms with Crippen molar-refractivity contribution in [1.82, 2.24) is 4.90 Å². The van der Waals surface area contributed by atoms with Crippen molar-refractivity contribution in [3.05, 3.63) is 35.4 Å². The van der Waals surface area contributed by atoms with Crippen LogP contribution < -0.4 is 5.73 Å². The van der Waals surface area contributed by atoms with Crippen molar-refractivity contribution in [2.24, 2.45) is 11.1 Å². The lowest BCUT2D eigenvalue weighted by Crippen LogP contribution is -2.55. The van der Waals surface area contributed by atoms with E-state index in [0.29, 0.717) is 12.0 Å². The van der Waals surface area contributed by atoms with Gasteiger partial charge >= 0.3 is 0 Å². The largest absolute Gasteiger partial charge is 0.326 e. The molecule has 1 aromatic carbocycles. The van der Waals surface area contributed by atoms with E-state index in [0.717, 1.165) is 6.54 Å². The molecule has 1 aliphatic heterocycles. The summed E-state index contributed by atoms with van der Waals surface area (Å²) < 4.78 is 0. The molecule has 0 bridgehead atoms. The highest BCUT2D eigenvalue weighted by Crippen LogP contribution is 2.40. The predicted octanol–water partition coefficient (Wildman–Crippen LogP) is 3.55. The molecule has 1 saturated heterocycles. The number of hydrogen-bond acceptors (Lipinski definition) is 2. The van der Waals surface area contributed by atoms with Crippen molar-refractivity contribution in [2.45, 2.75) is 52.6 Å². The van der Waals surface area contributed by atoms with Crippen LogP contribution in [0.5, 0.6) is 0 Å². The Morgan fingerprint density at radius 2 is 1.53 bits per heavy atom. The van der Waals surface area contributed by atoms with Crippen LogP contribution in [0.25, 0.3) is 0 Å². The lowest BCUT2D eigenvalue weighted by molar-refractivity contribution is -0.0203. The van der Waals surface area contributed by atoms with Gasteiger partial charge in [-0.15, -0.1) is 0 Å². The second kappa shape index (κ2) is 6.53. The molecule has 0 radical (unpaired) electrons. The topological polar surface area (TPSA) is 29.3 Å². The molecule has 0 saturated carbocycles. The summed E-state index contributed by atoms with van der Waals surface area (Å²) in [5, 5.41) is 0. The first-order valence-electron chi connectivity index (χ1n) is 7.71. The third-order valence-electron chi connectivity index (χ3n) is 4.34. The summed E-state index contributed by atoms with van der Waals surface area (Å²) in [6.45, 7) is 8.93. The summed E-state index contributed by atoms with van der Waals surface area (Å²) >= 11 is 0. The Morgan fingerprint density at radius 1 is 1.00 bits per heavy atom. The van der Waals surface area contributed by atoms with Gasteiger partial charge in [-0.2, -0.15) is 0 Å². The Balaban J connectivity index is 1.85. The van der Waals surface area contributed by atoms with Gasteiger partial charge in [0.2, 0.25) is 0 Å². The van der Waals surface area contributed by atoms with Crippen LogP contribution in [0.2, 0.25) is 0 Å². The van der Waals surface area contributed by atoms with Crippen molar-refractivity contribution in [3.8, 4) is 0 Å².